The second kappa shape index (κ2) is 8.01. The number of hydrogen-bond donors (Lipinski definition) is 0. The van der Waals surface area contributed by atoms with Crippen molar-refractivity contribution in [1.82, 2.24) is 4.90 Å². The predicted octanol–water partition coefficient (Wildman–Crippen LogP) is 3.45. The molecule has 0 aliphatic carbocycles. The zero-order chi connectivity index (χ0) is 17.6. The predicted molar refractivity (Wildman–Crippen MR) is 93.3 cm³/mol. The molecule has 1 aliphatic rings. The molecule has 1 heterocycles. The zero-order valence-electron chi connectivity index (χ0n) is 14.3. The van der Waals surface area contributed by atoms with Crippen molar-refractivity contribution in [2.24, 2.45) is 0 Å². The minimum Gasteiger partial charge on any atom is -0.497 e. The summed E-state index contributed by atoms with van der Waals surface area (Å²) in [6, 6.07) is 13.9. The van der Waals surface area contributed by atoms with Crippen LogP contribution in [0.15, 0.2) is 48.5 Å². The Hall–Kier alpha value is -2.56. The number of nitrogens with zero attached hydrogens (tertiary/aromatic N) is 1. The van der Waals surface area contributed by atoms with Gasteiger partial charge < -0.3 is 14.4 Å². The summed E-state index contributed by atoms with van der Waals surface area (Å²) in [6.07, 6.45) is 1.87. The molecule has 2 aromatic rings. The average Bonchev–Trinajstić information content (AvgIpc) is 3.08. The van der Waals surface area contributed by atoms with E-state index in [0.29, 0.717) is 31.7 Å². The molecule has 132 valence electrons. The second-order valence-corrected chi connectivity index (χ2v) is 6.17. The molecule has 1 fully saturated rings. The van der Waals surface area contributed by atoms with Crippen molar-refractivity contribution in [3.8, 4) is 11.5 Å². The van der Waals surface area contributed by atoms with Crippen LogP contribution in [0.3, 0.4) is 0 Å². The average molecular weight is 343 g/mol. The summed E-state index contributed by atoms with van der Waals surface area (Å²) in [4.78, 5) is 14.2. The van der Waals surface area contributed by atoms with Gasteiger partial charge in [0.2, 0.25) is 5.91 Å². The van der Waals surface area contributed by atoms with Gasteiger partial charge in [0, 0.05) is 25.5 Å². The highest BCUT2D eigenvalue weighted by Gasteiger charge is 2.27. The molecule has 1 amide bonds. The van der Waals surface area contributed by atoms with Crippen molar-refractivity contribution in [2.45, 2.75) is 25.4 Å². The van der Waals surface area contributed by atoms with E-state index in [0.717, 1.165) is 17.7 Å². The Balaban J connectivity index is 1.47. The lowest BCUT2D eigenvalue weighted by molar-refractivity contribution is -0.130. The maximum absolute atomic E-state index is 13.2. The summed E-state index contributed by atoms with van der Waals surface area (Å²) in [7, 11) is 1.63. The number of carbonyl (C=O) groups is 1. The zero-order valence-corrected chi connectivity index (χ0v) is 14.3. The SMILES string of the molecule is COc1ccc(CCC(=O)N2CCC(Oc3cccc(F)c3)C2)cc1. The number of likely N-dealkylation sites (tertiary alicyclic amines) is 1. The number of ether oxygens (including phenoxy) is 2. The third-order valence-electron chi connectivity index (χ3n) is 4.38. The number of methoxy groups -OCH3 is 1. The topological polar surface area (TPSA) is 38.8 Å². The van der Waals surface area contributed by atoms with Crippen LogP contribution in [-0.4, -0.2) is 37.1 Å². The number of halogens is 1. The first-order chi connectivity index (χ1) is 12.1. The van der Waals surface area contributed by atoms with E-state index in [1.54, 1.807) is 19.2 Å². The highest BCUT2D eigenvalue weighted by atomic mass is 19.1. The van der Waals surface area contributed by atoms with Gasteiger partial charge in [-0.05, 0) is 36.2 Å². The molecule has 5 heteroatoms. The first-order valence-corrected chi connectivity index (χ1v) is 8.47. The summed E-state index contributed by atoms with van der Waals surface area (Å²) in [6.45, 7) is 1.24. The van der Waals surface area contributed by atoms with Gasteiger partial charge >= 0.3 is 0 Å². The van der Waals surface area contributed by atoms with Gasteiger partial charge in [-0.2, -0.15) is 0 Å². The maximum atomic E-state index is 13.2. The summed E-state index contributed by atoms with van der Waals surface area (Å²) < 4.78 is 24.1. The lowest BCUT2D eigenvalue weighted by Gasteiger charge is -2.17. The van der Waals surface area contributed by atoms with Gasteiger partial charge in [0.05, 0.1) is 13.7 Å². The molecule has 0 spiro atoms. The van der Waals surface area contributed by atoms with Crippen molar-refractivity contribution in [2.75, 3.05) is 20.2 Å². The van der Waals surface area contributed by atoms with E-state index in [1.165, 1.54) is 12.1 Å². The van der Waals surface area contributed by atoms with Gasteiger partial charge in [-0.1, -0.05) is 18.2 Å². The highest BCUT2D eigenvalue weighted by Crippen LogP contribution is 2.20. The number of hydrogen-bond acceptors (Lipinski definition) is 3. The van der Waals surface area contributed by atoms with Crippen LogP contribution in [0, 0.1) is 5.82 Å². The second-order valence-electron chi connectivity index (χ2n) is 6.17. The third kappa shape index (κ3) is 4.72. The van der Waals surface area contributed by atoms with Crippen LogP contribution in [0.1, 0.15) is 18.4 Å². The Labute approximate surface area is 147 Å². The van der Waals surface area contributed by atoms with Crippen LogP contribution in [0.25, 0.3) is 0 Å². The number of benzene rings is 2. The van der Waals surface area contributed by atoms with Gasteiger partial charge in [-0.25, -0.2) is 4.39 Å². The van der Waals surface area contributed by atoms with Crippen molar-refractivity contribution >= 4 is 5.91 Å². The minimum atomic E-state index is -0.317. The molecule has 2 aromatic carbocycles. The fourth-order valence-electron chi connectivity index (χ4n) is 2.99. The molecule has 3 rings (SSSR count). The molecular formula is C20H22FNO3. The van der Waals surface area contributed by atoms with Gasteiger partial charge in [-0.15, -0.1) is 0 Å². The van der Waals surface area contributed by atoms with Crippen LogP contribution < -0.4 is 9.47 Å². The molecule has 0 radical (unpaired) electrons. The molecule has 0 aromatic heterocycles. The first-order valence-electron chi connectivity index (χ1n) is 8.47. The molecular weight excluding hydrogens is 321 g/mol. The fraction of sp³-hybridized carbons (Fsp3) is 0.350. The summed E-state index contributed by atoms with van der Waals surface area (Å²) >= 11 is 0. The third-order valence-corrected chi connectivity index (χ3v) is 4.38. The quantitative estimate of drug-likeness (QED) is 0.806. The van der Waals surface area contributed by atoms with Crippen LogP contribution >= 0.6 is 0 Å². The summed E-state index contributed by atoms with van der Waals surface area (Å²) in [5.74, 6) is 1.13. The van der Waals surface area contributed by atoms with Crippen molar-refractivity contribution < 1.29 is 18.7 Å². The maximum Gasteiger partial charge on any atom is 0.223 e. The monoisotopic (exact) mass is 343 g/mol. The van der Waals surface area contributed by atoms with Crippen LogP contribution in [0.5, 0.6) is 11.5 Å². The molecule has 4 nitrogen and oxygen atoms in total. The molecule has 0 saturated carbocycles. The lowest BCUT2D eigenvalue weighted by atomic mass is 10.1. The molecule has 1 unspecified atom stereocenters. The van der Waals surface area contributed by atoms with Gasteiger partial charge in [-0.3, -0.25) is 4.79 Å². The summed E-state index contributed by atoms with van der Waals surface area (Å²) in [5.41, 5.74) is 1.11. The largest absolute Gasteiger partial charge is 0.497 e. The van der Waals surface area contributed by atoms with Gasteiger partial charge in [0.1, 0.15) is 23.4 Å². The van der Waals surface area contributed by atoms with Crippen LogP contribution in [0.2, 0.25) is 0 Å². The Morgan fingerprint density at radius 3 is 2.72 bits per heavy atom. The van der Waals surface area contributed by atoms with E-state index in [-0.39, 0.29) is 17.8 Å². The van der Waals surface area contributed by atoms with Crippen molar-refractivity contribution in [3.63, 3.8) is 0 Å². The van der Waals surface area contributed by atoms with Crippen LogP contribution in [0.4, 0.5) is 4.39 Å². The minimum absolute atomic E-state index is 0.0771. The molecule has 0 bridgehead atoms. The molecule has 1 atom stereocenters. The Morgan fingerprint density at radius 1 is 1.20 bits per heavy atom. The van der Waals surface area contributed by atoms with E-state index < -0.39 is 0 Å². The Bertz CT molecular complexity index is 717. The first kappa shape index (κ1) is 17.3. The lowest BCUT2D eigenvalue weighted by Crippen LogP contribution is -2.31. The van der Waals surface area contributed by atoms with E-state index >= 15 is 0 Å². The van der Waals surface area contributed by atoms with E-state index in [2.05, 4.69) is 0 Å². The van der Waals surface area contributed by atoms with Crippen molar-refractivity contribution in [1.29, 1.82) is 0 Å². The normalized spacial score (nSPS) is 16.7. The van der Waals surface area contributed by atoms with E-state index in [1.807, 2.05) is 29.2 Å². The number of rotatable bonds is 6. The Kier molecular flexibility index (Phi) is 5.53. The van der Waals surface area contributed by atoms with Gasteiger partial charge in [0.15, 0.2) is 0 Å². The Morgan fingerprint density at radius 2 is 2.00 bits per heavy atom. The molecule has 1 saturated heterocycles. The van der Waals surface area contributed by atoms with Gasteiger partial charge in [0.25, 0.3) is 0 Å². The number of carbonyl (C=O) groups excluding carboxylic acids is 1. The highest BCUT2D eigenvalue weighted by molar-refractivity contribution is 5.76. The summed E-state index contributed by atoms with van der Waals surface area (Å²) in [5, 5.41) is 0. The van der Waals surface area contributed by atoms with E-state index in [9.17, 15) is 9.18 Å². The smallest absolute Gasteiger partial charge is 0.223 e. The fourth-order valence-corrected chi connectivity index (χ4v) is 2.99. The number of amides is 1. The van der Waals surface area contributed by atoms with Crippen LogP contribution in [-0.2, 0) is 11.2 Å². The molecule has 0 N–H and O–H groups in total. The standard InChI is InChI=1S/C20H22FNO3/c1-24-17-8-5-15(6-9-17)7-10-20(23)22-12-11-19(14-22)25-18-4-2-3-16(21)13-18/h2-6,8-9,13,19H,7,10-12,14H2,1H3. The molecule has 25 heavy (non-hydrogen) atoms. The van der Waals surface area contributed by atoms with Crippen molar-refractivity contribution in [3.05, 3.63) is 59.9 Å². The molecule has 1 aliphatic heterocycles. The van der Waals surface area contributed by atoms with E-state index in [4.69, 9.17) is 9.47 Å². The number of aryl methyl sites for hydroxylation is 1.